The lowest BCUT2D eigenvalue weighted by Gasteiger charge is -2.36. The molecule has 1 fully saturated rings. The van der Waals surface area contributed by atoms with E-state index in [0.29, 0.717) is 11.6 Å². The van der Waals surface area contributed by atoms with E-state index >= 15 is 0 Å². The minimum absolute atomic E-state index is 0.520. The van der Waals surface area contributed by atoms with Gasteiger partial charge in [0.1, 0.15) is 6.07 Å². The van der Waals surface area contributed by atoms with Crippen molar-refractivity contribution in [2.75, 3.05) is 11.9 Å². The van der Waals surface area contributed by atoms with Gasteiger partial charge in [0, 0.05) is 24.7 Å². The zero-order valence-corrected chi connectivity index (χ0v) is 12.7. The Morgan fingerprint density at radius 2 is 2.10 bits per heavy atom. The lowest BCUT2D eigenvalue weighted by molar-refractivity contribution is 0.336. The lowest BCUT2D eigenvalue weighted by Crippen LogP contribution is -2.36. The minimum Gasteiger partial charge on any atom is -0.370 e. The summed E-state index contributed by atoms with van der Waals surface area (Å²) in [4.78, 5) is 6.72. The molecule has 3 rings (SSSR count). The largest absolute Gasteiger partial charge is 0.370 e. The van der Waals surface area contributed by atoms with Crippen LogP contribution in [0.3, 0.4) is 0 Å². The van der Waals surface area contributed by atoms with Crippen molar-refractivity contribution in [3.8, 4) is 6.07 Å². The molecule has 2 aromatic rings. The van der Waals surface area contributed by atoms with E-state index in [9.17, 15) is 5.26 Å². The van der Waals surface area contributed by atoms with E-state index in [1.165, 1.54) is 25.7 Å². The van der Waals surface area contributed by atoms with Crippen LogP contribution in [-0.2, 0) is 0 Å². The molecule has 0 N–H and O–H groups in total. The predicted octanol–water partition coefficient (Wildman–Crippen LogP) is 4.12. The summed E-state index contributed by atoms with van der Waals surface area (Å²) in [5, 5.41) is 10.5. The summed E-state index contributed by atoms with van der Waals surface area (Å²) in [7, 11) is 2.13. The Balaban J connectivity index is 2.07. The zero-order chi connectivity index (χ0) is 14.8. The van der Waals surface area contributed by atoms with Crippen molar-refractivity contribution in [3.63, 3.8) is 0 Å². The molecule has 3 nitrogen and oxygen atoms in total. The predicted molar refractivity (Wildman–Crippen MR) is 86.3 cm³/mol. The summed E-state index contributed by atoms with van der Waals surface area (Å²) in [5.41, 5.74) is 2.68. The number of anilines is 1. The van der Waals surface area contributed by atoms with Crippen molar-refractivity contribution in [1.29, 1.82) is 5.26 Å². The Morgan fingerprint density at radius 3 is 2.86 bits per heavy atom. The number of nitriles is 1. The van der Waals surface area contributed by atoms with Gasteiger partial charge in [0.05, 0.1) is 16.8 Å². The van der Waals surface area contributed by atoms with Gasteiger partial charge in [-0.3, -0.25) is 4.98 Å². The van der Waals surface area contributed by atoms with E-state index < -0.39 is 0 Å². The van der Waals surface area contributed by atoms with E-state index in [-0.39, 0.29) is 0 Å². The molecule has 1 aromatic heterocycles. The Hall–Kier alpha value is -2.08. The number of benzene rings is 1. The van der Waals surface area contributed by atoms with Crippen LogP contribution in [0.5, 0.6) is 0 Å². The van der Waals surface area contributed by atoms with Crippen molar-refractivity contribution in [2.45, 2.75) is 38.6 Å². The quantitative estimate of drug-likeness (QED) is 0.830. The van der Waals surface area contributed by atoms with Gasteiger partial charge >= 0.3 is 0 Å². The van der Waals surface area contributed by atoms with Crippen molar-refractivity contribution < 1.29 is 0 Å². The standard InChI is InChI=1S/C18H21N3/c1-13-6-5-7-15(10-13)21(2)18-14(11-19)12-20-17-9-4-3-8-16(17)18/h3-4,8-9,12-13,15H,5-7,10H2,1-2H3. The van der Waals surface area contributed by atoms with Crippen molar-refractivity contribution >= 4 is 16.6 Å². The third-order valence-electron chi connectivity index (χ3n) is 4.68. The van der Waals surface area contributed by atoms with Gasteiger partial charge in [-0.15, -0.1) is 0 Å². The monoisotopic (exact) mass is 279 g/mol. The molecule has 0 amide bonds. The number of hydrogen-bond acceptors (Lipinski definition) is 3. The Bertz CT molecular complexity index is 686. The molecule has 2 atom stereocenters. The van der Waals surface area contributed by atoms with Crippen LogP contribution < -0.4 is 4.90 Å². The van der Waals surface area contributed by atoms with Gasteiger partial charge in [-0.1, -0.05) is 38.0 Å². The van der Waals surface area contributed by atoms with Crippen LogP contribution in [-0.4, -0.2) is 18.1 Å². The number of para-hydroxylation sites is 1. The third-order valence-corrected chi connectivity index (χ3v) is 4.68. The highest BCUT2D eigenvalue weighted by atomic mass is 15.1. The molecule has 3 heteroatoms. The summed E-state index contributed by atoms with van der Waals surface area (Å²) in [6, 6.07) is 10.9. The molecule has 1 aliphatic carbocycles. The summed E-state index contributed by atoms with van der Waals surface area (Å²) in [6.07, 6.45) is 6.73. The highest BCUT2D eigenvalue weighted by Gasteiger charge is 2.25. The zero-order valence-electron chi connectivity index (χ0n) is 12.7. The van der Waals surface area contributed by atoms with Crippen molar-refractivity contribution in [2.24, 2.45) is 5.92 Å². The van der Waals surface area contributed by atoms with Crippen molar-refractivity contribution in [3.05, 3.63) is 36.0 Å². The fourth-order valence-corrected chi connectivity index (χ4v) is 3.53. The number of aromatic nitrogens is 1. The molecule has 1 saturated carbocycles. The second kappa shape index (κ2) is 5.73. The molecule has 1 aromatic carbocycles. The summed E-state index contributed by atoms with van der Waals surface area (Å²) in [6.45, 7) is 2.33. The first-order valence-electron chi connectivity index (χ1n) is 7.71. The normalized spacial score (nSPS) is 22.0. The lowest BCUT2D eigenvalue weighted by atomic mass is 9.86. The molecule has 0 spiro atoms. The first-order chi connectivity index (χ1) is 10.2. The second-order valence-corrected chi connectivity index (χ2v) is 6.19. The van der Waals surface area contributed by atoms with E-state index in [0.717, 1.165) is 22.5 Å². The van der Waals surface area contributed by atoms with Crippen LogP contribution in [0.4, 0.5) is 5.69 Å². The molecule has 108 valence electrons. The average molecular weight is 279 g/mol. The van der Waals surface area contributed by atoms with Gasteiger partial charge in [-0.25, -0.2) is 0 Å². The molecule has 1 heterocycles. The second-order valence-electron chi connectivity index (χ2n) is 6.19. The number of pyridine rings is 1. The molecular formula is C18H21N3. The maximum Gasteiger partial charge on any atom is 0.103 e. The third kappa shape index (κ3) is 2.58. The molecule has 2 unspecified atom stereocenters. The smallest absolute Gasteiger partial charge is 0.103 e. The molecule has 0 radical (unpaired) electrons. The summed E-state index contributed by atoms with van der Waals surface area (Å²) < 4.78 is 0. The molecule has 0 saturated heterocycles. The number of hydrogen-bond donors (Lipinski definition) is 0. The molecule has 0 bridgehead atoms. The molecule has 0 aliphatic heterocycles. The van der Waals surface area contributed by atoms with Crippen LogP contribution in [0.2, 0.25) is 0 Å². The van der Waals surface area contributed by atoms with Crippen LogP contribution in [0.1, 0.15) is 38.2 Å². The number of fused-ring (bicyclic) bond motifs is 1. The highest BCUT2D eigenvalue weighted by molar-refractivity contribution is 5.94. The number of rotatable bonds is 2. The first-order valence-corrected chi connectivity index (χ1v) is 7.71. The summed E-state index contributed by atoms with van der Waals surface area (Å²) >= 11 is 0. The summed E-state index contributed by atoms with van der Waals surface area (Å²) in [5.74, 6) is 0.768. The SMILES string of the molecule is CC1CCCC(N(C)c2c(C#N)cnc3ccccc23)C1. The molecular weight excluding hydrogens is 258 g/mol. The molecule has 1 aliphatic rings. The fourth-order valence-electron chi connectivity index (χ4n) is 3.53. The van der Waals surface area contributed by atoms with Gasteiger partial charge in [-0.05, 0) is 24.8 Å². The van der Waals surface area contributed by atoms with Crippen LogP contribution in [0.15, 0.2) is 30.5 Å². The van der Waals surface area contributed by atoms with E-state index in [1.54, 1.807) is 6.20 Å². The topological polar surface area (TPSA) is 39.9 Å². The highest BCUT2D eigenvalue weighted by Crippen LogP contribution is 2.34. The van der Waals surface area contributed by atoms with Gasteiger partial charge in [0.25, 0.3) is 0 Å². The van der Waals surface area contributed by atoms with E-state index in [2.05, 4.69) is 36.0 Å². The van der Waals surface area contributed by atoms with Crippen LogP contribution >= 0.6 is 0 Å². The van der Waals surface area contributed by atoms with E-state index in [4.69, 9.17) is 0 Å². The maximum absolute atomic E-state index is 9.46. The van der Waals surface area contributed by atoms with Crippen molar-refractivity contribution in [1.82, 2.24) is 4.98 Å². The average Bonchev–Trinajstić information content (AvgIpc) is 2.53. The minimum atomic E-state index is 0.520. The van der Waals surface area contributed by atoms with Crippen LogP contribution in [0, 0.1) is 17.2 Å². The van der Waals surface area contributed by atoms with Gasteiger partial charge in [0.15, 0.2) is 0 Å². The van der Waals surface area contributed by atoms with Gasteiger partial charge in [-0.2, -0.15) is 5.26 Å². The van der Waals surface area contributed by atoms with Crippen LogP contribution in [0.25, 0.3) is 10.9 Å². The fraction of sp³-hybridized carbons (Fsp3) is 0.444. The maximum atomic E-state index is 9.46. The van der Waals surface area contributed by atoms with Gasteiger partial charge < -0.3 is 4.90 Å². The van der Waals surface area contributed by atoms with E-state index in [1.807, 2.05) is 18.2 Å². The first kappa shape index (κ1) is 13.9. The molecule has 21 heavy (non-hydrogen) atoms. The number of nitrogens with zero attached hydrogens (tertiary/aromatic N) is 3. The Kier molecular flexibility index (Phi) is 3.79. The Labute approximate surface area is 126 Å². The Morgan fingerprint density at radius 1 is 1.29 bits per heavy atom. The van der Waals surface area contributed by atoms with Gasteiger partial charge in [0.2, 0.25) is 0 Å².